The van der Waals surface area contributed by atoms with E-state index in [1.54, 1.807) is 11.2 Å². The van der Waals surface area contributed by atoms with Crippen LogP contribution in [0.15, 0.2) is 69.1 Å². The van der Waals surface area contributed by atoms with E-state index in [0.717, 1.165) is 15.2 Å². The number of nitrogens with zero attached hydrogens (tertiary/aromatic N) is 1. The van der Waals surface area contributed by atoms with Gasteiger partial charge >= 0.3 is 0 Å². The van der Waals surface area contributed by atoms with Crippen LogP contribution in [0.3, 0.4) is 0 Å². The standard InChI is InChI=1S/C16H12BrNO2S/c17-15-9-8-14(21-15)16(19)18(11-13-7-4-10-20-13)12-5-2-1-3-6-12/h1-10H,11H2. The van der Waals surface area contributed by atoms with E-state index in [0.29, 0.717) is 11.4 Å². The third-order valence-electron chi connectivity index (χ3n) is 2.99. The van der Waals surface area contributed by atoms with E-state index >= 15 is 0 Å². The molecular formula is C16H12BrNO2S. The zero-order valence-electron chi connectivity index (χ0n) is 11.0. The minimum Gasteiger partial charge on any atom is -0.467 e. The van der Waals surface area contributed by atoms with Crippen molar-refractivity contribution in [3.63, 3.8) is 0 Å². The zero-order valence-corrected chi connectivity index (χ0v) is 13.4. The largest absolute Gasteiger partial charge is 0.467 e. The lowest BCUT2D eigenvalue weighted by molar-refractivity contribution is 0.0987. The van der Waals surface area contributed by atoms with Gasteiger partial charge in [0, 0.05) is 5.69 Å². The van der Waals surface area contributed by atoms with Crippen LogP contribution in [-0.4, -0.2) is 5.91 Å². The van der Waals surface area contributed by atoms with Gasteiger partial charge in [0.2, 0.25) is 0 Å². The molecule has 106 valence electrons. The Morgan fingerprint density at radius 1 is 1.10 bits per heavy atom. The van der Waals surface area contributed by atoms with E-state index in [9.17, 15) is 4.79 Å². The number of carbonyl (C=O) groups excluding carboxylic acids is 1. The molecule has 3 rings (SSSR count). The van der Waals surface area contributed by atoms with Crippen molar-refractivity contribution in [1.82, 2.24) is 0 Å². The minimum absolute atomic E-state index is 0.0340. The summed E-state index contributed by atoms with van der Waals surface area (Å²) in [6.45, 7) is 0.408. The Morgan fingerprint density at radius 2 is 1.90 bits per heavy atom. The second kappa shape index (κ2) is 6.28. The molecule has 3 aromatic rings. The van der Waals surface area contributed by atoms with Gasteiger partial charge in [-0.05, 0) is 52.3 Å². The molecule has 0 bridgehead atoms. The minimum atomic E-state index is -0.0340. The summed E-state index contributed by atoms with van der Waals surface area (Å²) < 4.78 is 6.32. The fourth-order valence-corrected chi connectivity index (χ4v) is 3.34. The van der Waals surface area contributed by atoms with Gasteiger partial charge in [-0.15, -0.1) is 11.3 Å². The molecule has 1 amide bonds. The van der Waals surface area contributed by atoms with Crippen LogP contribution < -0.4 is 4.90 Å². The Labute approximate surface area is 134 Å². The molecule has 2 aromatic heterocycles. The van der Waals surface area contributed by atoms with Gasteiger partial charge in [-0.3, -0.25) is 4.79 Å². The first kappa shape index (κ1) is 14.1. The van der Waals surface area contributed by atoms with Gasteiger partial charge < -0.3 is 9.32 Å². The van der Waals surface area contributed by atoms with Crippen molar-refractivity contribution in [3.8, 4) is 0 Å². The van der Waals surface area contributed by atoms with Crippen LogP contribution in [0.4, 0.5) is 5.69 Å². The van der Waals surface area contributed by atoms with E-state index in [-0.39, 0.29) is 5.91 Å². The van der Waals surface area contributed by atoms with Gasteiger partial charge in [-0.25, -0.2) is 0 Å². The third-order valence-corrected chi connectivity index (χ3v) is 4.60. The summed E-state index contributed by atoms with van der Waals surface area (Å²) in [5, 5.41) is 0. The highest BCUT2D eigenvalue weighted by Crippen LogP contribution is 2.26. The SMILES string of the molecule is O=C(c1ccc(Br)s1)N(Cc1ccco1)c1ccccc1. The van der Waals surface area contributed by atoms with Gasteiger partial charge in [0.25, 0.3) is 5.91 Å². The van der Waals surface area contributed by atoms with Crippen molar-refractivity contribution in [1.29, 1.82) is 0 Å². The molecule has 0 unspecified atom stereocenters. The van der Waals surface area contributed by atoms with E-state index < -0.39 is 0 Å². The van der Waals surface area contributed by atoms with Crippen molar-refractivity contribution in [2.45, 2.75) is 6.54 Å². The number of anilines is 1. The summed E-state index contributed by atoms with van der Waals surface area (Å²) in [5.41, 5.74) is 0.850. The van der Waals surface area contributed by atoms with Crippen molar-refractivity contribution in [3.05, 3.63) is 75.3 Å². The number of halogens is 1. The molecule has 0 saturated carbocycles. The van der Waals surface area contributed by atoms with Crippen molar-refractivity contribution in [2.75, 3.05) is 4.90 Å². The summed E-state index contributed by atoms with van der Waals surface area (Å²) in [7, 11) is 0. The summed E-state index contributed by atoms with van der Waals surface area (Å²) in [4.78, 5) is 15.2. The lowest BCUT2D eigenvalue weighted by Gasteiger charge is -2.21. The number of hydrogen-bond donors (Lipinski definition) is 0. The van der Waals surface area contributed by atoms with Crippen LogP contribution >= 0.6 is 27.3 Å². The highest BCUT2D eigenvalue weighted by molar-refractivity contribution is 9.11. The van der Waals surface area contributed by atoms with Crippen LogP contribution in [0.5, 0.6) is 0 Å². The number of rotatable bonds is 4. The van der Waals surface area contributed by atoms with E-state index in [4.69, 9.17) is 4.42 Å². The first-order chi connectivity index (χ1) is 10.2. The van der Waals surface area contributed by atoms with Crippen LogP contribution in [-0.2, 0) is 6.54 Å². The quantitative estimate of drug-likeness (QED) is 0.658. The summed E-state index contributed by atoms with van der Waals surface area (Å²) in [5.74, 6) is 0.719. The normalized spacial score (nSPS) is 10.5. The first-order valence-corrected chi connectivity index (χ1v) is 7.99. The molecule has 21 heavy (non-hydrogen) atoms. The van der Waals surface area contributed by atoms with E-state index in [1.165, 1.54) is 11.3 Å². The number of hydrogen-bond acceptors (Lipinski definition) is 3. The van der Waals surface area contributed by atoms with E-state index in [1.807, 2.05) is 54.6 Å². The van der Waals surface area contributed by atoms with Gasteiger partial charge in [0.15, 0.2) is 0 Å². The predicted molar refractivity (Wildman–Crippen MR) is 87.7 cm³/mol. The van der Waals surface area contributed by atoms with Crippen LogP contribution in [0.1, 0.15) is 15.4 Å². The molecule has 0 aliphatic heterocycles. The molecule has 0 saturated heterocycles. The number of carbonyl (C=O) groups is 1. The maximum absolute atomic E-state index is 12.8. The Kier molecular flexibility index (Phi) is 4.22. The van der Waals surface area contributed by atoms with E-state index in [2.05, 4.69) is 15.9 Å². The Hall–Kier alpha value is -1.85. The molecule has 1 aromatic carbocycles. The monoisotopic (exact) mass is 361 g/mol. The molecular weight excluding hydrogens is 350 g/mol. The maximum Gasteiger partial charge on any atom is 0.268 e. The van der Waals surface area contributed by atoms with Gasteiger partial charge in [0.05, 0.1) is 21.5 Å². The van der Waals surface area contributed by atoms with Crippen LogP contribution in [0.25, 0.3) is 0 Å². The fraction of sp³-hybridized carbons (Fsp3) is 0.0625. The molecule has 0 aliphatic carbocycles. The summed E-state index contributed by atoms with van der Waals surface area (Å²) >= 11 is 4.82. The number of furan rings is 1. The number of benzene rings is 1. The Morgan fingerprint density at radius 3 is 2.52 bits per heavy atom. The average molecular weight is 362 g/mol. The molecule has 3 nitrogen and oxygen atoms in total. The second-order valence-corrected chi connectivity index (χ2v) is 6.87. The number of para-hydroxylation sites is 1. The van der Waals surface area contributed by atoms with Gasteiger partial charge in [-0.2, -0.15) is 0 Å². The smallest absolute Gasteiger partial charge is 0.268 e. The number of amides is 1. The summed E-state index contributed by atoms with van der Waals surface area (Å²) in [6.07, 6.45) is 1.62. The van der Waals surface area contributed by atoms with Crippen molar-refractivity contribution in [2.24, 2.45) is 0 Å². The maximum atomic E-state index is 12.8. The van der Waals surface area contributed by atoms with Gasteiger partial charge in [-0.1, -0.05) is 18.2 Å². The predicted octanol–water partition coefficient (Wildman–Crippen LogP) is 4.95. The van der Waals surface area contributed by atoms with Crippen molar-refractivity contribution < 1.29 is 9.21 Å². The Balaban J connectivity index is 1.94. The molecule has 0 fully saturated rings. The molecule has 0 atom stereocenters. The van der Waals surface area contributed by atoms with Crippen LogP contribution in [0.2, 0.25) is 0 Å². The topological polar surface area (TPSA) is 33.5 Å². The highest BCUT2D eigenvalue weighted by Gasteiger charge is 2.20. The molecule has 5 heteroatoms. The third kappa shape index (κ3) is 3.25. The fourth-order valence-electron chi connectivity index (χ4n) is 2.01. The Bertz CT molecular complexity index is 722. The lowest BCUT2D eigenvalue weighted by atomic mass is 10.2. The lowest BCUT2D eigenvalue weighted by Crippen LogP contribution is -2.29. The molecule has 0 radical (unpaired) electrons. The summed E-state index contributed by atoms with van der Waals surface area (Å²) in [6, 6.07) is 17.0. The highest BCUT2D eigenvalue weighted by atomic mass is 79.9. The number of thiophene rings is 1. The zero-order chi connectivity index (χ0) is 14.7. The van der Waals surface area contributed by atoms with Gasteiger partial charge in [0.1, 0.15) is 5.76 Å². The average Bonchev–Trinajstić information content (AvgIpc) is 3.16. The second-order valence-electron chi connectivity index (χ2n) is 4.41. The van der Waals surface area contributed by atoms with Crippen LogP contribution in [0, 0.1) is 0 Å². The molecule has 0 spiro atoms. The molecule has 2 heterocycles. The molecule has 0 N–H and O–H groups in total. The first-order valence-electron chi connectivity index (χ1n) is 6.38. The van der Waals surface area contributed by atoms with Crippen molar-refractivity contribution >= 4 is 38.9 Å². The molecule has 0 aliphatic rings.